The van der Waals surface area contributed by atoms with Crippen LogP contribution in [0.1, 0.15) is 25.0 Å². The summed E-state index contributed by atoms with van der Waals surface area (Å²) in [4.78, 5) is 10.00. The fraction of sp³-hybridized carbons (Fsp3) is 0.0769. The second kappa shape index (κ2) is 12.1. The molecule has 0 atom stereocenters. The van der Waals surface area contributed by atoms with Gasteiger partial charge in [-0.3, -0.25) is 9.55 Å². The number of hydrogen-bond acceptors (Lipinski definition) is 3. The molecule has 0 bridgehead atoms. The Morgan fingerprint density at radius 2 is 1.30 bits per heavy atom. The van der Waals surface area contributed by atoms with Crippen LogP contribution < -0.4 is 0 Å². The minimum Gasteiger partial charge on any atom is -0.507 e. The molecular weight excluding hydrogens is 722 g/mol. The summed E-state index contributed by atoms with van der Waals surface area (Å²) in [6, 6.07) is 48.2. The quantitative estimate of drug-likeness (QED) is 0.173. The van der Waals surface area contributed by atoms with Gasteiger partial charge in [0.25, 0.3) is 0 Å². The zero-order valence-corrected chi connectivity index (χ0v) is 26.7. The third-order valence-corrected chi connectivity index (χ3v) is 8.19. The van der Waals surface area contributed by atoms with Gasteiger partial charge >= 0.3 is 0 Å². The van der Waals surface area contributed by atoms with Gasteiger partial charge in [0.15, 0.2) is 0 Å². The summed E-state index contributed by atoms with van der Waals surface area (Å²) in [6.07, 6.45) is 1.98. The molecule has 2 aromatic heterocycles. The Balaban J connectivity index is 0.00000343. The number of phenolic OH excluding ortho intramolecular Hbond substituents is 1. The molecule has 5 aromatic carbocycles. The van der Waals surface area contributed by atoms with Crippen molar-refractivity contribution in [2.45, 2.75) is 19.3 Å². The Hall–Kier alpha value is -4.79. The molecule has 0 unspecified atom stereocenters. The monoisotopic (exact) mass is 751 g/mol. The van der Waals surface area contributed by atoms with Gasteiger partial charge in [-0.2, -0.15) is 0 Å². The molecule has 1 N–H and O–H groups in total. The first-order valence-corrected chi connectivity index (χ1v) is 14.4. The maximum Gasteiger partial charge on any atom is 0.148 e. The van der Waals surface area contributed by atoms with Crippen LogP contribution in [0.15, 0.2) is 140 Å². The standard InChI is InChI=1S/C39H30N3O.Pt/c1-39(2,29-15-5-3-6-16-29)30-23-24-34(40-26-30)28-14-11-13-27(25-28)32-20-12-21-35-37(32)41-38(33-19-9-10-22-36(33)43)42(35)31-17-7-4-8-18-31;/h3-24,26,43H,1-2H3;/q-1;. The summed E-state index contributed by atoms with van der Waals surface area (Å²) in [5.41, 5.74) is 9.38. The van der Waals surface area contributed by atoms with E-state index in [1.54, 1.807) is 6.07 Å². The molecular formula is C39H30N3OPt-. The van der Waals surface area contributed by atoms with Crippen LogP contribution in [0.4, 0.5) is 0 Å². The number of fused-ring (bicyclic) bond motifs is 1. The first-order chi connectivity index (χ1) is 21.0. The average molecular weight is 752 g/mol. The van der Waals surface area contributed by atoms with E-state index < -0.39 is 0 Å². The van der Waals surface area contributed by atoms with E-state index in [9.17, 15) is 5.11 Å². The SMILES string of the molecule is CC(C)(c1ccccc1)c1ccc(-c2[c-]c(-c3cccc4c3nc(-c3ccccc3O)n4-c3ccccc3)ccc2)nc1.[Pt]. The van der Waals surface area contributed by atoms with Crippen LogP contribution in [0.2, 0.25) is 0 Å². The molecule has 0 saturated heterocycles. The summed E-state index contributed by atoms with van der Waals surface area (Å²) in [6.45, 7) is 4.45. The third kappa shape index (κ3) is 5.27. The minimum atomic E-state index is -0.156. The van der Waals surface area contributed by atoms with Gasteiger partial charge in [0.05, 0.1) is 16.6 Å². The first-order valence-electron chi connectivity index (χ1n) is 14.4. The van der Waals surface area contributed by atoms with E-state index in [0.717, 1.165) is 44.7 Å². The number of pyridine rings is 1. The number of imidazole rings is 1. The second-order valence-electron chi connectivity index (χ2n) is 11.2. The van der Waals surface area contributed by atoms with Crippen molar-refractivity contribution in [2.75, 3.05) is 0 Å². The number of para-hydroxylation sites is 3. The van der Waals surface area contributed by atoms with Gasteiger partial charge < -0.3 is 5.11 Å². The molecule has 5 heteroatoms. The Labute approximate surface area is 272 Å². The number of rotatable bonds is 6. The molecule has 0 aliphatic carbocycles. The zero-order chi connectivity index (χ0) is 29.4. The van der Waals surface area contributed by atoms with E-state index >= 15 is 0 Å². The molecule has 4 nitrogen and oxygen atoms in total. The number of hydrogen-bond donors (Lipinski definition) is 1. The molecule has 0 saturated carbocycles. The number of aromatic nitrogens is 3. The Bertz CT molecular complexity index is 2050. The molecule has 2 heterocycles. The van der Waals surface area contributed by atoms with Gasteiger partial charge in [-0.15, -0.1) is 29.8 Å². The fourth-order valence-electron chi connectivity index (χ4n) is 5.72. The van der Waals surface area contributed by atoms with Gasteiger partial charge in [0.2, 0.25) is 0 Å². The number of phenols is 1. The normalized spacial score (nSPS) is 11.3. The van der Waals surface area contributed by atoms with E-state index in [0.29, 0.717) is 11.4 Å². The van der Waals surface area contributed by atoms with Crippen molar-refractivity contribution in [3.63, 3.8) is 0 Å². The summed E-state index contributed by atoms with van der Waals surface area (Å²) in [7, 11) is 0. The molecule has 218 valence electrons. The van der Waals surface area contributed by atoms with E-state index in [1.807, 2.05) is 66.9 Å². The maximum atomic E-state index is 10.8. The van der Waals surface area contributed by atoms with Crippen LogP contribution in [0.3, 0.4) is 0 Å². The Morgan fingerprint density at radius 1 is 0.636 bits per heavy atom. The van der Waals surface area contributed by atoms with Crippen molar-refractivity contribution in [1.82, 2.24) is 14.5 Å². The minimum absolute atomic E-state index is 0. The number of benzene rings is 5. The molecule has 7 rings (SSSR count). The predicted molar refractivity (Wildman–Crippen MR) is 174 cm³/mol. The molecule has 0 amide bonds. The van der Waals surface area contributed by atoms with E-state index in [4.69, 9.17) is 9.97 Å². The van der Waals surface area contributed by atoms with Crippen LogP contribution in [0.5, 0.6) is 5.75 Å². The third-order valence-electron chi connectivity index (χ3n) is 8.19. The van der Waals surface area contributed by atoms with Gasteiger partial charge in [-0.1, -0.05) is 110 Å². The van der Waals surface area contributed by atoms with Crippen molar-refractivity contribution in [2.24, 2.45) is 0 Å². The summed E-state index contributed by atoms with van der Waals surface area (Å²) in [5, 5.41) is 10.8. The van der Waals surface area contributed by atoms with Crippen molar-refractivity contribution in [3.05, 3.63) is 157 Å². The summed E-state index contributed by atoms with van der Waals surface area (Å²) >= 11 is 0. The fourth-order valence-corrected chi connectivity index (χ4v) is 5.72. The van der Waals surface area contributed by atoms with Crippen molar-refractivity contribution < 1.29 is 26.2 Å². The second-order valence-corrected chi connectivity index (χ2v) is 11.2. The topological polar surface area (TPSA) is 50.9 Å². The molecule has 0 aliphatic rings. The van der Waals surface area contributed by atoms with Crippen LogP contribution >= 0.6 is 0 Å². The predicted octanol–water partition coefficient (Wildman–Crippen LogP) is 9.25. The van der Waals surface area contributed by atoms with Crippen molar-refractivity contribution >= 4 is 11.0 Å². The molecule has 0 spiro atoms. The van der Waals surface area contributed by atoms with E-state index in [2.05, 4.69) is 91.2 Å². The first kappa shape index (κ1) is 29.3. The van der Waals surface area contributed by atoms with Gasteiger partial charge in [-0.05, 0) is 41.5 Å². The smallest absolute Gasteiger partial charge is 0.148 e. The molecule has 44 heavy (non-hydrogen) atoms. The van der Waals surface area contributed by atoms with Gasteiger partial charge in [0.1, 0.15) is 11.6 Å². The summed E-state index contributed by atoms with van der Waals surface area (Å²) < 4.78 is 2.10. The van der Waals surface area contributed by atoms with Crippen LogP contribution in [-0.4, -0.2) is 19.6 Å². The van der Waals surface area contributed by atoms with E-state index in [-0.39, 0.29) is 32.2 Å². The average Bonchev–Trinajstić information content (AvgIpc) is 3.45. The van der Waals surface area contributed by atoms with Crippen LogP contribution in [0, 0.1) is 6.07 Å². The number of nitrogens with zero attached hydrogens (tertiary/aromatic N) is 3. The van der Waals surface area contributed by atoms with Gasteiger partial charge in [-0.25, -0.2) is 4.98 Å². The van der Waals surface area contributed by atoms with Crippen molar-refractivity contribution in [1.29, 1.82) is 0 Å². The molecule has 0 radical (unpaired) electrons. The largest absolute Gasteiger partial charge is 0.507 e. The Kier molecular flexibility index (Phi) is 8.03. The van der Waals surface area contributed by atoms with Crippen LogP contribution in [-0.2, 0) is 26.5 Å². The van der Waals surface area contributed by atoms with E-state index in [1.165, 1.54) is 5.56 Å². The molecule has 0 aliphatic heterocycles. The Morgan fingerprint density at radius 3 is 2.02 bits per heavy atom. The molecule has 7 aromatic rings. The van der Waals surface area contributed by atoms with Crippen molar-refractivity contribution in [3.8, 4) is 45.2 Å². The maximum absolute atomic E-state index is 10.8. The van der Waals surface area contributed by atoms with Crippen LogP contribution in [0.25, 0.3) is 50.5 Å². The summed E-state index contributed by atoms with van der Waals surface area (Å²) in [5.74, 6) is 0.872. The number of aromatic hydroxyl groups is 1. The molecule has 0 fully saturated rings. The van der Waals surface area contributed by atoms with Gasteiger partial charge in [0, 0.05) is 44.1 Å². The zero-order valence-electron chi connectivity index (χ0n) is 24.4.